The van der Waals surface area contributed by atoms with Crippen molar-refractivity contribution in [3.63, 3.8) is 0 Å². The predicted octanol–water partition coefficient (Wildman–Crippen LogP) is -0.0300. The first-order valence-corrected chi connectivity index (χ1v) is 4.31. The van der Waals surface area contributed by atoms with E-state index in [9.17, 15) is 19.7 Å². The molecule has 1 rings (SSSR count). The van der Waals surface area contributed by atoms with Crippen LogP contribution in [0.2, 0.25) is 0 Å². The zero-order valence-electron chi connectivity index (χ0n) is 8.25. The normalized spacial score (nSPS) is 10.5. The number of H-pyrrole nitrogens is 1. The van der Waals surface area contributed by atoms with Crippen LogP contribution in [0.5, 0.6) is 0 Å². The Morgan fingerprint density at radius 1 is 1.56 bits per heavy atom. The van der Waals surface area contributed by atoms with Crippen LogP contribution in [-0.2, 0) is 6.54 Å². The second-order valence-electron chi connectivity index (χ2n) is 2.89. The lowest BCUT2D eigenvalue weighted by molar-refractivity contribution is -0.400. The Labute approximate surface area is 89.5 Å². The van der Waals surface area contributed by atoms with Crippen LogP contribution in [0.15, 0.2) is 34.6 Å². The number of hydrogen-bond donors (Lipinski definition) is 1. The Morgan fingerprint density at radius 2 is 2.25 bits per heavy atom. The number of nitrogens with one attached hydrogen (secondary N) is 1. The molecule has 7 heteroatoms. The summed E-state index contributed by atoms with van der Waals surface area (Å²) in [5.74, 6) is 0. The lowest BCUT2D eigenvalue weighted by atomic mass is 10.3. The van der Waals surface area contributed by atoms with Crippen molar-refractivity contribution < 1.29 is 4.92 Å². The molecule has 0 spiro atoms. The minimum atomic E-state index is -0.692. The molecule has 0 aliphatic heterocycles. The van der Waals surface area contributed by atoms with Crippen LogP contribution in [0.25, 0.3) is 6.08 Å². The van der Waals surface area contributed by atoms with Crippen LogP contribution < -0.4 is 11.2 Å². The predicted molar refractivity (Wildman–Crippen MR) is 57.5 cm³/mol. The summed E-state index contributed by atoms with van der Waals surface area (Å²) in [6.45, 7) is 3.66. The molecule has 1 heterocycles. The summed E-state index contributed by atoms with van der Waals surface area (Å²) in [6.07, 6.45) is 4.37. The molecule has 0 aliphatic carbocycles. The van der Waals surface area contributed by atoms with Gasteiger partial charge in [0.1, 0.15) is 0 Å². The van der Waals surface area contributed by atoms with Crippen molar-refractivity contribution in [2.24, 2.45) is 0 Å². The van der Waals surface area contributed by atoms with Crippen LogP contribution in [0.1, 0.15) is 5.56 Å². The van der Waals surface area contributed by atoms with Crippen LogP contribution >= 0.6 is 0 Å². The highest BCUT2D eigenvalue weighted by molar-refractivity contribution is 5.44. The molecule has 0 unspecified atom stereocenters. The summed E-state index contributed by atoms with van der Waals surface area (Å²) in [4.78, 5) is 33.9. The molecule has 0 saturated heterocycles. The molecule has 0 radical (unpaired) electrons. The maximum atomic E-state index is 11.2. The number of aromatic nitrogens is 2. The Hall–Kier alpha value is -2.44. The number of rotatable bonds is 4. The molecular formula is C9H9N3O4. The van der Waals surface area contributed by atoms with Crippen LogP contribution in [0.3, 0.4) is 0 Å². The van der Waals surface area contributed by atoms with E-state index in [0.717, 1.165) is 6.08 Å². The van der Waals surface area contributed by atoms with E-state index in [1.54, 1.807) is 0 Å². The minimum Gasteiger partial charge on any atom is -0.296 e. The van der Waals surface area contributed by atoms with Gasteiger partial charge >= 0.3 is 5.69 Å². The van der Waals surface area contributed by atoms with Gasteiger partial charge in [-0.15, -0.1) is 6.58 Å². The van der Waals surface area contributed by atoms with Crippen molar-refractivity contribution in [3.05, 3.63) is 61.6 Å². The number of nitrogens with zero attached hydrogens (tertiary/aromatic N) is 2. The molecule has 16 heavy (non-hydrogen) atoms. The molecule has 1 aromatic rings. The Bertz CT molecular complexity index is 553. The summed E-state index contributed by atoms with van der Waals surface area (Å²) in [5.41, 5.74) is -1.20. The molecule has 0 atom stereocenters. The fraction of sp³-hybridized carbons (Fsp3) is 0.111. The van der Waals surface area contributed by atoms with Gasteiger partial charge in [-0.25, -0.2) is 4.79 Å². The highest BCUT2D eigenvalue weighted by atomic mass is 16.6. The first kappa shape index (κ1) is 11.6. The van der Waals surface area contributed by atoms with Gasteiger partial charge in [0.15, 0.2) is 0 Å². The van der Waals surface area contributed by atoms with Gasteiger partial charge in [-0.1, -0.05) is 6.08 Å². The summed E-state index contributed by atoms with van der Waals surface area (Å²) in [7, 11) is 0. The van der Waals surface area contributed by atoms with E-state index < -0.39 is 16.2 Å². The van der Waals surface area contributed by atoms with Gasteiger partial charge in [-0.05, 0) is 0 Å². The third kappa shape index (κ3) is 2.77. The van der Waals surface area contributed by atoms with Gasteiger partial charge in [0.2, 0.25) is 6.20 Å². The van der Waals surface area contributed by atoms with E-state index in [2.05, 4.69) is 6.58 Å². The summed E-state index contributed by atoms with van der Waals surface area (Å²) >= 11 is 0. The zero-order valence-corrected chi connectivity index (χ0v) is 8.25. The number of aromatic amines is 1. The second-order valence-corrected chi connectivity index (χ2v) is 2.89. The van der Waals surface area contributed by atoms with Crippen molar-refractivity contribution in [2.45, 2.75) is 6.54 Å². The van der Waals surface area contributed by atoms with Crippen molar-refractivity contribution in [1.82, 2.24) is 9.55 Å². The lowest BCUT2D eigenvalue weighted by Gasteiger charge is -2.00. The highest BCUT2D eigenvalue weighted by Crippen LogP contribution is 1.92. The molecule has 0 bridgehead atoms. The van der Waals surface area contributed by atoms with Gasteiger partial charge in [0.25, 0.3) is 5.56 Å². The minimum absolute atomic E-state index is 0.0400. The van der Waals surface area contributed by atoms with Crippen molar-refractivity contribution >= 4 is 6.08 Å². The molecular weight excluding hydrogens is 214 g/mol. The van der Waals surface area contributed by atoms with Gasteiger partial charge in [-0.2, -0.15) is 0 Å². The monoisotopic (exact) mass is 223 g/mol. The molecule has 0 amide bonds. The maximum Gasteiger partial charge on any atom is 0.328 e. The van der Waals surface area contributed by atoms with Crippen molar-refractivity contribution in [3.8, 4) is 0 Å². The number of allylic oxidation sites excluding steroid dienone is 1. The first-order valence-electron chi connectivity index (χ1n) is 4.31. The molecule has 0 aliphatic rings. The van der Waals surface area contributed by atoms with Gasteiger partial charge in [0, 0.05) is 18.8 Å². The van der Waals surface area contributed by atoms with Gasteiger partial charge in [0.05, 0.1) is 10.5 Å². The van der Waals surface area contributed by atoms with Crippen molar-refractivity contribution in [1.29, 1.82) is 0 Å². The van der Waals surface area contributed by atoms with E-state index >= 15 is 0 Å². The highest BCUT2D eigenvalue weighted by Gasteiger charge is 2.01. The average molecular weight is 223 g/mol. The Balaban J connectivity index is 3.24. The van der Waals surface area contributed by atoms with E-state index in [1.165, 1.54) is 16.8 Å². The van der Waals surface area contributed by atoms with Crippen LogP contribution in [0, 0.1) is 10.1 Å². The quantitative estimate of drug-likeness (QED) is 0.440. The molecule has 1 N–H and O–H groups in total. The SMILES string of the molecule is C=CCn1cc(/C=C/[N+](=O)[O-])c(=O)[nH]c1=O. The first-order chi connectivity index (χ1) is 7.54. The average Bonchev–Trinajstić information content (AvgIpc) is 2.20. The number of nitro groups is 1. The molecule has 1 aromatic heterocycles. The smallest absolute Gasteiger partial charge is 0.296 e. The lowest BCUT2D eigenvalue weighted by Crippen LogP contribution is -2.30. The van der Waals surface area contributed by atoms with E-state index in [1.807, 2.05) is 4.98 Å². The molecule has 0 saturated carbocycles. The third-order valence-corrected chi connectivity index (χ3v) is 1.74. The van der Waals surface area contributed by atoms with E-state index in [0.29, 0.717) is 6.20 Å². The molecule has 7 nitrogen and oxygen atoms in total. The second kappa shape index (κ2) is 4.87. The summed E-state index contributed by atoms with van der Waals surface area (Å²) in [6, 6.07) is 0. The topological polar surface area (TPSA) is 98.0 Å². The molecule has 0 fully saturated rings. The number of hydrogen-bond acceptors (Lipinski definition) is 4. The molecule has 84 valence electrons. The van der Waals surface area contributed by atoms with E-state index in [4.69, 9.17) is 0 Å². The summed E-state index contributed by atoms with van der Waals surface area (Å²) in [5, 5.41) is 10.1. The van der Waals surface area contributed by atoms with Gasteiger partial charge < -0.3 is 0 Å². The standard InChI is InChI=1S/C9H9N3O4/c1-2-4-11-6-7(3-5-12(15)16)8(13)10-9(11)14/h2-3,5-6H,1,4H2,(H,10,13,14)/b5-3+. The van der Waals surface area contributed by atoms with Crippen LogP contribution in [0.4, 0.5) is 0 Å². The maximum absolute atomic E-state index is 11.2. The Kier molecular flexibility index (Phi) is 3.54. The Morgan fingerprint density at radius 3 is 2.81 bits per heavy atom. The summed E-state index contributed by atoms with van der Waals surface area (Å²) < 4.78 is 1.19. The largest absolute Gasteiger partial charge is 0.328 e. The van der Waals surface area contributed by atoms with Crippen molar-refractivity contribution in [2.75, 3.05) is 0 Å². The van der Waals surface area contributed by atoms with E-state index in [-0.39, 0.29) is 12.1 Å². The molecule has 0 aromatic carbocycles. The third-order valence-electron chi connectivity index (χ3n) is 1.74. The zero-order chi connectivity index (χ0) is 12.1. The van der Waals surface area contributed by atoms with Gasteiger partial charge in [-0.3, -0.25) is 24.5 Å². The fourth-order valence-electron chi connectivity index (χ4n) is 1.06. The van der Waals surface area contributed by atoms with Crippen LogP contribution in [-0.4, -0.2) is 14.5 Å². The fourth-order valence-corrected chi connectivity index (χ4v) is 1.06.